The van der Waals surface area contributed by atoms with Crippen LogP contribution >= 0.6 is 0 Å². The molecule has 178 valence electrons. The standard InChI is InChI=1S/C28H22N4O4/c1-29-25(33)27(35)31-21-13-10-18(14-22(21)32-28(36)26(34)30-2)19-11-8-17-7-6-15-4-3-5-16-9-12-20(19)24(17)23(15)16/h3-14H,1-2H3,(H,29,33)(H,30,34)(H,31,35)(H,32,36). The summed E-state index contributed by atoms with van der Waals surface area (Å²) in [6.45, 7) is 0. The van der Waals surface area contributed by atoms with Gasteiger partial charge < -0.3 is 21.3 Å². The number of likely N-dealkylation sites (N-methyl/N-ethyl adjacent to an activating group) is 2. The van der Waals surface area contributed by atoms with Crippen LogP contribution in [0.1, 0.15) is 0 Å². The number of hydrogen-bond acceptors (Lipinski definition) is 4. The topological polar surface area (TPSA) is 116 Å². The summed E-state index contributed by atoms with van der Waals surface area (Å²) in [7, 11) is 2.69. The van der Waals surface area contributed by atoms with Crippen LogP contribution in [0.15, 0.2) is 72.8 Å². The Morgan fingerprint density at radius 2 is 1.11 bits per heavy atom. The number of carbonyl (C=O) groups is 4. The Morgan fingerprint density at radius 3 is 1.75 bits per heavy atom. The highest BCUT2D eigenvalue weighted by atomic mass is 16.2. The second-order valence-electron chi connectivity index (χ2n) is 8.30. The molecule has 0 bridgehead atoms. The predicted octanol–water partition coefficient (Wildman–Crippen LogP) is 3.62. The summed E-state index contributed by atoms with van der Waals surface area (Å²) in [5, 5.41) is 16.3. The number of hydrogen-bond donors (Lipinski definition) is 4. The molecule has 0 radical (unpaired) electrons. The van der Waals surface area contributed by atoms with Crippen LogP contribution in [0.2, 0.25) is 0 Å². The maximum atomic E-state index is 12.3. The van der Waals surface area contributed by atoms with Crippen molar-refractivity contribution in [2.45, 2.75) is 0 Å². The van der Waals surface area contributed by atoms with Crippen LogP contribution < -0.4 is 21.3 Å². The molecule has 0 atom stereocenters. The van der Waals surface area contributed by atoms with Crippen molar-refractivity contribution in [2.24, 2.45) is 0 Å². The van der Waals surface area contributed by atoms with Crippen LogP contribution in [-0.4, -0.2) is 37.7 Å². The largest absolute Gasteiger partial charge is 0.351 e. The molecule has 0 aliphatic rings. The molecule has 5 aromatic carbocycles. The normalized spacial score (nSPS) is 10.9. The molecule has 4 amide bonds. The van der Waals surface area contributed by atoms with E-state index in [4.69, 9.17) is 0 Å². The van der Waals surface area contributed by atoms with Gasteiger partial charge in [-0.25, -0.2) is 0 Å². The average molecular weight is 479 g/mol. The number of anilines is 2. The summed E-state index contributed by atoms with van der Waals surface area (Å²) in [6, 6.07) is 23.7. The number of carbonyl (C=O) groups excluding carboxylic acids is 4. The SMILES string of the molecule is CNC(=O)C(=O)Nc1ccc(-c2ccc3ccc4cccc5ccc2c3c45)cc1NC(=O)C(=O)NC. The number of rotatable bonds is 3. The van der Waals surface area contributed by atoms with Crippen molar-refractivity contribution in [3.8, 4) is 11.1 Å². The zero-order valence-corrected chi connectivity index (χ0v) is 19.6. The molecule has 0 aromatic heterocycles. The maximum absolute atomic E-state index is 12.3. The Kier molecular flexibility index (Phi) is 5.69. The van der Waals surface area contributed by atoms with Gasteiger partial charge in [-0.1, -0.05) is 60.7 Å². The second kappa shape index (κ2) is 8.99. The first-order valence-electron chi connectivity index (χ1n) is 11.3. The van der Waals surface area contributed by atoms with Gasteiger partial charge in [0.25, 0.3) is 0 Å². The van der Waals surface area contributed by atoms with Gasteiger partial charge in [-0.05, 0) is 55.6 Å². The molecule has 0 unspecified atom stereocenters. The van der Waals surface area contributed by atoms with Crippen LogP contribution in [0, 0.1) is 0 Å². The summed E-state index contributed by atoms with van der Waals surface area (Å²) < 4.78 is 0. The number of amides is 4. The Hall–Kier alpha value is -4.98. The predicted molar refractivity (Wildman–Crippen MR) is 141 cm³/mol. The van der Waals surface area contributed by atoms with Gasteiger partial charge in [-0.15, -0.1) is 0 Å². The van der Waals surface area contributed by atoms with Crippen LogP contribution in [0.5, 0.6) is 0 Å². The van der Waals surface area contributed by atoms with Crippen LogP contribution in [0.25, 0.3) is 43.4 Å². The maximum Gasteiger partial charge on any atom is 0.313 e. The first-order valence-corrected chi connectivity index (χ1v) is 11.3. The molecule has 5 aromatic rings. The summed E-state index contributed by atoms with van der Waals surface area (Å²) in [5.41, 5.74) is 2.05. The molecule has 0 aliphatic carbocycles. The van der Waals surface area contributed by atoms with E-state index in [1.165, 1.54) is 19.5 Å². The highest BCUT2D eigenvalue weighted by molar-refractivity contribution is 6.41. The van der Waals surface area contributed by atoms with E-state index in [0.29, 0.717) is 0 Å². The molecule has 8 heteroatoms. The van der Waals surface area contributed by atoms with Crippen molar-refractivity contribution in [3.05, 3.63) is 72.8 Å². The Bertz CT molecular complexity index is 1680. The minimum Gasteiger partial charge on any atom is -0.351 e. The fraction of sp³-hybridized carbons (Fsp3) is 0.0714. The third-order valence-electron chi connectivity index (χ3n) is 6.22. The van der Waals surface area contributed by atoms with Crippen molar-refractivity contribution >= 4 is 67.3 Å². The van der Waals surface area contributed by atoms with Gasteiger partial charge >= 0.3 is 23.6 Å². The van der Waals surface area contributed by atoms with Crippen molar-refractivity contribution in [3.63, 3.8) is 0 Å². The van der Waals surface area contributed by atoms with Gasteiger partial charge in [0.15, 0.2) is 0 Å². The van der Waals surface area contributed by atoms with Gasteiger partial charge in [-0.3, -0.25) is 19.2 Å². The highest BCUT2D eigenvalue weighted by Crippen LogP contribution is 2.40. The van der Waals surface area contributed by atoms with E-state index >= 15 is 0 Å². The molecule has 5 rings (SSSR count). The summed E-state index contributed by atoms with van der Waals surface area (Å²) in [4.78, 5) is 48.1. The Balaban J connectivity index is 1.67. The molecule has 0 fully saturated rings. The minimum absolute atomic E-state index is 0.183. The van der Waals surface area contributed by atoms with E-state index in [1.54, 1.807) is 18.2 Å². The smallest absolute Gasteiger partial charge is 0.313 e. The molecule has 0 spiro atoms. The van der Waals surface area contributed by atoms with Gasteiger partial charge in [-0.2, -0.15) is 0 Å². The molecule has 0 heterocycles. The molecule has 4 N–H and O–H groups in total. The zero-order valence-electron chi connectivity index (χ0n) is 19.6. The van der Waals surface area contributed by atoms with Crippen LogP contribution in [-0.2, 0) is 19.2 Å². The van der Waals surface area contributed by atoms with E-state index in [-0.39, 0.29) is 11.4 Å². The van der Waals surface area contributed by atoms with Gasteiger partial charge in [0, 0.05) is 14.1 Å². The molecule has 8 nitrogen and oxygen atoms in total. The number of benzene rings is 5. The van der Waals surface area contributed by atoms with Crippen LogP contribution in [0.3, 0.4) is 0 Å². The highest BCUT2D eigenvalue weighted by Gasteiger charge is 2.19. The lowest BCUT2D eigenvalue weighted by Crippen LogP contribution is -2.34. The lowest BCUT2D eigenvalue weighted by Gasteiger charge is -2.16. The lowest BCUT2D eigenvalue weighted by atomic mass is 9.90. The number of nitrogens with one attached hydrogen (secondary N) is 4. The van der Waals surface area contributed by atoms with E-state index < -0.39 is 23.6 Å². The third-order valence-corrected chi connectivity index (χ3v) is 6.22. The molecular weight excluding hydrogens is 456 g/mol. The lowest BCUT2D eigenvalue weighted by molar-refractivity contribution is -0.135. The molecule has 0 saturated carbocycles. The second-order valence-corrected chi connectivity index (χ2v) is 8.30. The molecule has 0 saturated heterocycles. The molecule has 0 aliphatic heterocycles. The van der Waals surface area contributed by atoms with Crippen molar-refractivity contribution in [1.29, 1.82) is 0 Å². The van der Waals surface area contributed by atoms with E-state index in [1.807, 2.05) is 18.2 Å². The van der Waals surface area contributed by atoms with Crippen molar-refractivity contribution in [2.75, 3.05) is 24.7 Å². The van der Waals surface area contributed by atoms with E-state index in [2.05, 4.69) is 57.7 Å². The fourth-order valence-electron chi connectivity index (χ4n) is 4.50. The van der Waals surface area contributed by atoms with Gasteiger partial charge in [0.05, 0.1) is 11.4 Å². The monoisotopic (exact) mass is 478 g/mol. The zero-order chi connectivity index (χ0) is 25.4. The first kappa shape index (κ1) is 22.8. The Morgan fingerprint density at radius 1 is 0.556 bits per heavy atom. The molecular formula is C28H22N4O4. The Labute approximate surface area is 206 Å². The summed E-state index contributed by atoms with van der Waals surface area (Å²) >= 11 is 0. The van der Waals surface area contributed by atoms with E-state index in [0.717, 1.165) is 38.1 Å². The van der Waals surface area contributed by atoms with Gasteiger partial charge in [0.1, 0.15) is 0 Å². The van der Waals surface area contributed by atoms with Gasteiger partial charge in [0.2, 0.25) is 0 Å². The van der Waals surface area contributed by atoms with E-state index in [9.17, 15) is 19.2 Å². The minimum atomic E-state index is -0.902. The van der Waals surface area contributed by atoms with Crippen LogP contribution in [0.4, 0.5) is 11.4 Å². The summed E-state index contributed by atoms with van der Waals surface area (Å²) in [6.07, 6.45) is 0. The average Bonchev–Trinajstić information content (AvgIpc) is 2.91. The molecule has 36 heavy (non-hydrogen) atoms. The van der Waals surface area contributed by atoms with Crippen molar-refractivity contribution in [1.82, 2.24) is 10.6 Å². The summed E-state index contributed by atoms with van der Waals surface area (Å²) in [5.74, 6) is -3.48. The quantitative estimate of drug-likeness (QED) is 0.234. The van der Waals surface area contributed by atoms with Crippen molar-refractivity contribution < 1.29 is 19.2 Å². The third kappa shape index (κ3) is 3.84. The first-order chi connectivity index (χ1) is 17.4. The fourth-order valence-corrected chi connectivity index (χ4v) is 4.50.